The summed E-state index contributed by atoms with van der Waals surface area (Å²) in [7, 11) is 1.60. The predicted octanol–water partition coefficient (Wildman–Crippen LogP) is 3.41. The van der Waals surface area contributed by atoms with Crippen molar-refractivity contribution in [3.05, 3.63) is 65.2 Å². The molecule has 1 heterocycles. The Bertz CT molecular complexity index is 1050. The molecule has 0 radical (unpaired) electrons. The number of carbonyl (C=O) groups excluding carboxylic acids is 2. The van der Waals surface area contributed by atoms with Gasteiger partial charge in [-0.3, -0.25) is 9.59 Å². The maximum atomic E-state index is 12.0. The van der Waals surface area contributed by atoms with Gasteiger partial charge in [0.15, 0.2) is 6.61 Å². The minimum Gasteiger partial charge on any atom is -0.497 e. The number of ether oxygens (including phenoxy) is 2. The van der Waals surface area contributed by atoms with Crippen LogP contribution in [0.25, 0.3) is 10.6 Å². The second-order valence-electron chi connectivity index (χ2n) is 5.92. The van der Waals surface area contributed by atoms with Crippen LogP contribution in [0.3, 0.4) is 0 Å². The third kappa shape index (κ3) is 5.40. The average molecular weight is 407 g/mol. The van der Waals surface area contributed by atoms with E-state index in [9.17, 15) is 9.59 Å². The van der Waals surface area contributed by atoms with Gasteiger partial charge in [-0.05, 0) is 36.4 Å². The monoisotopic (exact) mass is 407 g/mol. The molecule has 7 nitrogen and oxygen atoms in total. The van der Waals surface area contributed by atoms with Crippen molar-refractivity contribution in [1.29, 1.82) is 5.26 Å². The lowest BCUT2D eigenvalue weighted by Crippen LogP contribution is -2.22. The zero-order valence-electron chi connectivity index (χ0n) is 15.5. The van der Waals surface area contributed by atoms with E-state index in [1.54, 1.807) is 36.8 Å². The fourth-order valence-electron chi connectivity index (χ4n) is 2.48. The van der Waals surface area contributed by atoms with Crippen molar-refractivity contribution in [3.8, 4) is 22.4 Å². The van der Waals surface area contributed by atoms with Crippen LogP contribution < -0.4 is 10.1 Å². The second kappa shape index (κ2) is 9.48. The lowest BCUT2D eigenvalue weighted by atomic mass is 10.2. The van der Waals surface area contributed by atoms with Gasteiger partial charge < -0.3 is 14.8 Å². The van der Waals surface area contributed by atoms with Gasteiger partial charge in [-0.1, -0.05) is 12.1 Å². The number of benzene rings is 2. The maximum Gasteiger partial charge on any atom is 0.312 e. The molecular formula is C21H17N3O4S. The van der Waals surface area contributed by atoms with Crippen LogP contribution in [0.15, 0.2) is 53.9 Å². The first-order valence-corrected chi connectivity index (χ1v) is 9.50. The van der Waals surface area contributed by atoms with E-state index in [-0.39, 0.29) is 6.42 Å². The largest absolute Gasteiger partial charge is 0.497 e. The zero-order valence-corrected chi connectivity index (χ0v) is 16.4. The van der Waals surface area contributed by atoms with E-state index in [0.717, 1.165) is 16.3 Å². The number of para-hydroxylation sites is 1. The van der Waals surface area contributed by atoms with Gasteiger partial charge in [0.2, 0.25) is 0 Å². The summed E-state index contributed by atoms with van der Waals surface area (Å²) in [5.41, 5.74) is 2.20. The highest BCUT2D eigenvalue weighted by Crippen LogP contribution is 2.26. The first kappa shape index (κ1) is 20.0. The topological polar surface area (TPSA) is 101 Å². The van der Waals surface area contributed by atoms with Crippen LogP contribution in [-0.2, 0) is 20.7 Å². The first-order valence-electron chi connectivity index (χ1n) is 8.62. The number of anilines is 1. The molecule has 0 saturated carbocycles. The predicted molar refractivity (Wildman–Crippen MR) is 109 cm³/mol. The number of methoxy groups -OCH3 is 1. The van der Waals surface area contributed by atoms with Crippen molar-refractivity contribution in [2.24, 2.45) is 0 Å². The Kier molecular flexibility index (Phi) is 6.55. The number of nitriles is 1. The minimum absolute atomic E-state index is 0.0330. The molecule has 1 aromatic heterocycles. The number of hydrogen-bond donors (Lipinski definition) is 1. The number of carbonyl (C=O) groups is 2. The number of rotatable bonds is 7. The van der Waals surface area contributed by atoms with E-state index in [0.29, 0.717) is 16.9 Å². The Morgan fingerprint density at radius 2 is 1.93 bits per heavy atom. The summed E-state index contributed by atoms with van der Waals surface area (Å²) in [6.45, 7) is -0.436. The molecule has 0 aliphatic rings. The first-order chi connectivity index (χ1) is 14.1. The van der Waals surface area contributed by atoms with Gasteiger partial charge in [0.1, 0.15) is 16.8 Å². The Balaban J connectivity index is 1.51. The summed E-state index contributed by atoms with van der Waals surface area (Å²) in [4.78, 5) is 28.4. The van der Waals surface area contributed by atoms with E-state index in [1.807, 2.05) is 30.3 Å². The number of aromatic nitrogens is 1. The van der Waals surface area contributed by atoms with Crippen LogP contribution in [0.2, 0.25) is 0 Å². The van der Waals surface area contributed by atoms with Gasteiger partial charge in [-0.25, -0.2) is 4.98 Å². The van der Waals surface area contributed by atoms with E-state index >= 15 is 0 Å². The fraction of sp³-hybridized carbons (Fsp3) is 0.143. The van der Waals surface area contributed by atoms with Crippen LogP contribution >= 0.6 is 11.3 Å². The van der Waals surface area contributed by atoms with Crippen molar-refractivity contribution in [1.82, 2.24) is 4.98 Å². The smallest absolute Gasteiger partial charge is 0.312 e. The Morgan fingerprint density at radius 1 is 1.17 bits per heavy atom. The molecule has 29 heavy (non-hydrogen) atoms. The fourth-order valence-corrected chi connectivity index (χ4v) is 3.30. The molecule has 3 aromatic rings. The van der Waals surface area contributed by atoms with Crippen LogP contribution in [0, 0.1) is 11.3 Å². The summed E-state index contributed by atoms with van der Waals surface area (Å²) in [5.74, 6) is -0.316. The summed E-state index contributed by atoms with van der Waals surface area (Å²) in [6, 6.07) is 16.0. The Hall–Kier alpha value is -3.70. The number of nitrogens with one attached hydrogen (secondary N) is 1. The number of nitrogens with zero attached hydrogens (tertiary/aromatic N) is 2. The molecule has 2 aromatic carbocycles. The van der Waals surface area contributed by atoms with Crippen molar-refractivity contribution < 1.29 is 19.1 Å². The summed E-state index contributed by atoms with van der Waals surface area (Å²) in [6.07, 6.45) is -0.0330. The van der Waals surface area contributed by atoms with Gasteiger partial charge in [0.25, 0.3) is 5.91 Å². The van der Waals surface area contributed by atoms with Crippen molar-refractivity contribution >= 4 is 28.9 Å². The van der Waals surface area contributed by atoms with Crippen molar-refractivity contribution in [2.75, 3.05) is 19.0 Å². The molecule has 0 bridgehead atoms. The van der Waals surface area contributed by atoms with E-state index in [2.05, 4.69) is 10.3 Å². The molecule has 0 aliphatic heterocycles. The standard InChI is InChI=1S/C21H17N3O4S/c1-27-17-8-6-14(7-9-17)21-23-16(13-29-21)10-20(26)28-12-19(25)24-18-5-3-2-4-15(18)11-22/h2-9,13H,10,12H2,1H3,(H,24,25). The van der Waals surface area contributed by atoms with E-state index < -0.39 is 18.5 Å². The molecule has 0 unspecified atom stereocenters. The molecule has 8 heteroatoms. The highest BCUT2D eigenvalue weighted by Gasteiger charge is 2.13. The maximum absolute atomic E-state index is 12.0. The molecule has 0 saturated heterocycles. The number of esters is 1. The Labute approximate surface area is 171 Å². The molecule has 1 amide bonds. The number of amides is 1. The lowest BCUT2D eigenvalue weighted by Gasteiger charge is -2.07. The summed E-state index contributed by atoms with van der Waals surface area (Å²) in [5, 5.41) is 14.1. The van der Waals surface area contributed by atoms with Crippen molar-refractivity contribution in [2.45, 2.75) is 6.42 Å². The van der Waals surface area contributed by atoms with Crippen LogP contribution in [0.5, 0.6) is 5.75 Å². The highest BCUT2D eigenvalue weighted by atomic mass is 32.1. The quantitative estimate of drug-likeness (QED) is 0.602. The molecule has 1 N–H and O–H groups in total. The molecule has 0 aliphatic carbocycles. The zero-order chi connectivity index (χ0) is 20.6. The van der Waals surface area contributed by atoms with Gasteiger partial charge >= 0.3 is 5.97 Å². The number of thiazole rings is 1. The van der Waals surface area contributed by atoms with Gasteiger partial charge in [-0.2, -0.15) is 5.26 Å². The molecule has 0 fully saturated rings. The normalized spacial score (nSPS) is 10.1. The summed E-state index contributed by atoms with van der Waals surface area (Å²) < 4.78 is 10.1. The van der Waals surface area contributed by atoms with Gasteiger partial charge in [-0.15, -0.1) is 11.3 Å². The van der Waals surface area contributed by atoms with Gasteiger partial charge in [0, 0.05) is 10.9 Å². The van der Waals surface area contributed by atoms with Crippen LogP contribution in [0.1, 0.15) is 11.3 Å². The Morgan fingerprint density at radius 3 is 2.66 bits per heavy atom. The molecule has 0 spiro atoms. The second-order valence-corrected chi connectivity index (χ2v) is 6.77. The van der Waals surface area contributed by atoms with Gasteiger partial charge in [0.05, 0.1) is 30.5 Å². The lowest BCUT2D eigenvalue weighted by molar-refractivity contribution is -0.146. The highest BCUT2D eigenvalue weighted by molar-refractivity contribution is 7.13. The SMILES string of the molecule is COc1ccc(-c2nc(CC(=O)OCC(=O)Nc3ccccc3C#N)cs2)cc1. The molecular weight excluding hydrogens is 390 g/mol. The minimum atomic E-state index is -0.555. The molecule has 3 rings (SSSR count). The van der Waals surface area contributed by atoms with Crippen LogP contribution in [0.4, 0.5) is 5.69 Å². The average Bonchev–Trinajstić information content (AvgIpc) is 3.21. The number of hydrogen-bond acceptors (Lipinski definition) is 7. The third-order valence-corrected chi connectivity index (χ3v) is 4.84. The van der Waals surface area contributed by atoms with E-state index in [4.69, 9.17) is 14.7 Å². The third-order valence-electron chi connectivity index (χ3n) is 3.90. The van der Waals surface area contributed by atoms with E-state index in [1.165, 1.54) is 11.3 Å². The molecule has 146 valence electrons. The van der Waals surface area contributed by atoms with Crippen LogP contribution in [-0.4, -0.2) is 30.6 Å². The molecule has 0 atom stereocenters. The van der Waals surface area contributed by atoms with Crippen molar-refractivity contribution in [3.63, 3.8) is 0 Å². The summed E-state index contributed by atoms with van der Waals surface area (Å²) >= 11 is 1.42.